The molecule has 1 unspecified atom stereocenters. The van der Waals surface area contributed by atoms with Crippen LogP contribution in [0.3, 0.4) is 0 Å². The zero-order valence-electron chi connectivity index (χ0n) is 17.3. The van der Waals surface area contributed by atoms with E-state index >= 15 is 0 Å². The molecule has 0 radical (unpaired) electrons. The minimum Gasteiger partial charge on any atom is -0.497 e. The molecule has 1 fully saturated rings. The van der Waals surface area contributed by atoms with Crippen LogP contribution in [0.25, 0.3) is 22.0 Å². The van der Waals surface area contributed by atoms with Crippen LogP contribution < -0.4 is 15.0 Å². The second-order valence-corrected chi connectivity index (χ2v) is 7.76. The highest BCUT2D eigenvalue weighted by molar-refractivity contribution is 5.84. The van der Waals surface area contributed by atoms with Crippen LogP contribution in [0, 0.1) is 0 Å². The van der Waals surface area contributed by atoms with Gasteiger partial charge in [-0.25, -0.2) is 9.97 Å². The van der Waals surface area contributed by atoms with Crippen LogP contribution in [0.2, 0.25) is 0 Å². The number of ether oxygens (including phenoxy) is 1. The van der Waals surface area contributed by atoms with E-state index in [-0.39, 0.29) is 6.10 Å². The van der Waals surface area contributed by atoms with E-state index in [2.05, 4.69) is 39.5 Å². The first-order valence-corrected chi connectivity index (χ1v) is 10.4. The number of nitrogens with zero attached hydrogens (tertiary/aromatic N) is 3. The fourth-order valence-corrected chi connectivity index (χ4v) is 3.93. The molecule has 0 saturated carbocycles. The molecule has 4 aromatic rings. The van der Waals surface area contributed by atoms with Crippen molar-refractivity contribution in [1.82, 2.24) is 9.97 Å². The molecular formula is C25H24N4O2. The van der Waals surface area contributed by atoms with E-state index < -0.39 is 0 Å². The molecule has 2 N–H and O–H groups in total. The molecule has 1 aromatic heterocycles. The van der Waals surface area contributed by atoms with E-state index in [9.17, 15) is 5.11 Å². The van der Waals surface area contributed by atoms with Crippen molar-refractivity contribution in [2.45, 2.75) is 12.5 Å². The third-order valence-corrected chi connectivity index (χ3v) is 5.64. The van der Waals surface area contributed by atoms with Gasteiger partial charge in [-0.1, -0.05) is 30.3 Å². The summed E-state index contributed by atoms with van der Waals surface area (Å²) >= 11 is 0. The van der Waals surface area contributed by atoms with Crippen molar-refractivity contribution in [3.63, 3.8) is 0 Å². The van der Waals surface area contributed by atoms with E-state index in [1.807, 2.05) is 48.7 Å². The van der Waals surface area contributed by atoms with Gasteiger partial charge in [-0.2, -0.15) is 0 Å². The Bertz CT molecular complexity index is 1210. The van der Waals surface area contributed by atoms with Gasteiger partial charge >= 0.3 is 0 Å². The van der Waals surface area contributed by atoms with E-state index in [0.717, 1.165) is 52.1 Å². The maximum atomic E-state index is 9.81. The molecule has 0 aliphatic carbocycles. The predicted octanol–water partition coefficient (Wildman–Crippen LogP) is 4.62. The Kier molecular flexibility index (Phi) is 5.14. The quantitative estimate of drug-likeness (QED) is 0.498. The number of hydrogen-bond acceptors (Lipinski definition) is 6. The van der Waals surface area contributed by atoms with Crippen molar-refractivity contribution in [3.05, 3.63) is 72.9 Å². The van der Waals surface area contributed by atoms with Crippen molar-refractivity contribution < 1.29 is 9.84 Å². The first kappa shape index (κ1) is 19.3. The van der Waals surface area contributed by atoms with Gasteiger partial charge in [0.25, 0.3) is 0 Å². The summed E-state index contributed by atoms with van der Waals surface area (Å²) in [5.41, 5.74) is 5.09. The number of nitrogens with one attached hydrogen (secondary N) is 1. The maximum absolute atomic E-state index is 9.81. The Balaban J connectivity index is 1.40. The summed E-state index contributed by atoms with van der Waals surface area (Å²) in [7, 11) is 1.67. The van der Waals surface area contributed by atoms with Crippen LogP contribution in [0.15, 0.2) is 72.9 Å². The highest BCUT2D eigenvalue weighted by atomic mass is 16.5. The third-order valence-electron chi connectivity index (χ3n) is 5.64. The number of β-amino-alcohol motifs (C(OH)–C–C–N with tert-alkyl or cyclic N) is 1. The van der Waals surface area contributed by atoms with Gasteiger partial charge in [-0.15, -0.1) is 0 Å². The van der Waals surface area contributed by atoms with Gasteiger partial charge in [-0.3, -0.25) is 0 Å². The standard InChI is InChI=1S/C25H24N4O2/c1-31-23-9-7-17(8-10-23)18-5-6-19-15-26-25(28-24(19)13-18)27-20-3-2-4-21(14-20)29-12-11-22(30)16-29/h2-10,13-15,22,30H,11-12,16H2,1H3,(H,26,27,28). The number of rotatable bonds is 5. The van der Waals surface area contributed by atoms with Crippen molar-refractivity contribution in [3.8, 4) is 16.9 Å². The first-order valence-electron chi connectivity index (χ1n) is 10.4. The maximum Gasteiger partial charge on any atom is 0.227 e. The molecule has 6 nitrogen and oxygen atoms in total. The van der Waals surface area contributed by atoms with E-state index in [4.69, 9.17) is 9.72 Å². The Labute approximate surface area is 181 Å². The first-order chi connectivity index (χ1) is 15.2. The SMILES string of the molecule is COc1ccc(-c2ccc3cnc(Nc4cccc(N5CCC(O)C5)c4)nc3c2)cc1. The van der Waals surface area contributed by atoms with E-state index in [1.54, 1.807) is 7.11 Å². The van der Waals surface area contributed by atoms with Crippen LogP contribution in [0.4, 0.5) is 17.3 Å². The number of aliphatic hydroxyl groups excluding tert-OH is 1. The average molecular weight is 412 g/mol. The second-order valence-electron chi connectivity index (χ2n) is 7.76. The van der Waals surface area contributed by atoms with Gasteiger partial charge in [0.05, 0.1) is 18.7 Å². The minimum atomic E-state index is -0.250. The van der Waals surface area contributed by atoms with Crippen molar-refractivity contribution in [2.24, 2.45) is 0 Å². The Morgan fingerprint density at radius 2 is 1.87 bits per heavy atom. The lowest BCUT2D eigenvalue weighted by molar-refractivity contribution is 0.198. The molecule has 1 aliphatic heterocycles. The molecule has 1 aliphatic rings. The third kappa shape index (κ3) is 4.15. The smallest absolute Gasteiger partial charge is 0.227 e. The summed E-state index contributed by atoms with van der Waals surface area (Å²) in [4.78, 5) is 11.4. The molecule has 5 rings (SSSR count). The van der Waals surface area contributed by atoms with Crippen LogP contribution in [-0.2, 0) is 0 Å². The molecule has 2 heterocycles. The van der Waals surface area contributed by atoms with Gasteiger partial charge in [0.2, 0.25) is 5.95 Å². The Hall–Kier alpha value is -3.64. The van der Waals surface area contributed by atoms with Crippen LogP contribution >= 0.6 is 0 Å². The normalized spacial score (nSPS) is 15.9. The lowest BCUT2D eigenvalue weighted by Gasteiger charge is -2.18. The van der Waals surface area contributed by atoms with Gasteiger partial charge in [0, 0.05) is 36.0 Å². The molecule has 0 bridgehead atoms. The number of fused-ring (bicyclic) bond motifs is 1. The lowest BCUT2D eigenvalue weighted by Crippen LogP contribution is -2.21. The summed E-state index contributed by atoms with van der Waals surface area (Å²) in [5.74, 6) is 1.39. The van der Waals surface area contributed by atoms with Crippen LogP contribution in [0.1, 0.15) is 6.42 Å². The number of hydrogen-bond donors (Lipinski definition) is 2. The topological polar surface area (TPSA) is 70.5 Å². The Morgan fingerprint density at radius 1 is 1.03 bits per heavy atom. The molecule has 1 atom stereocenters. The number of anilines is 3. The average Bonchev–Trinajstić information content (AvgIpc) is 3.25. The fraction of sp³-hybridized carbons (Fsp3) is 0.200. The monoisotopic (exact) mass is 412 g/mol. The zero-order valence-corrected chi connectivity index (χ0v) is 17.3. The highest BCUT2D eigenvalue weighted by Crippen LogP contribution is 2.27. The molecule has 0 spiro atoms. The fourth-order valence-electron chi connectivity index (χ4n) is 3.93. The summed E-state index contributed by atoms with van der Waals surface area (Å²) in [6.07, 6.45) is 2.39. The summed E-state index contributed by atoms with van der Waals surface area (Å²) < 4.78 is 5.25. The molecule has 31 heavy (non-hydrogen) atoms. The van der Waals surface area contributed by atoms with Crippen molar-refractivity contribution >= 4 is 28.2 Å². The Morgan fingerprint density at radius 3 is 2.65 bits per heavy atom. The number of aromatic nitrogens is 2. The molecular weight excluding hydrogens is 388 g/mol. The van der Waals surface area contributed by atoms with Crippen LogP contribution in [0.5, 0.6) is 5.75 Å². The lowest BCUT2D eigenvalue weighted by atomic mass is 10.0. The van der Waals surface area contributed by atoms with Crippen molar-refractivity contribution in [1.29, 1.82) is 0 Å². The van der Waals surface area contributed by atoms with E-state index in [0.29, 0.717) is 12.5 Å². The minimum absolute atomic E-state index is 0.250. The molecule has 1 saturated heterocycles. The van der Waals surface area contributed by atoms with Gasteiger partial charge < -0.3 is 20.1 Å². The van der Waals surface area contributed by atoms with Gasteiger partial charge in [0.1, 0.15) is 5.75 Å². The predicted molar refractivity (Wildman–Crippen MR) is 124 cm³/mol. The summed E-state index contributed by atoms with van der Waals surface area (Å²) in [6, 6.07) is 22.3. The number of benzene rings is 3. The highest BCUT2D eigenvalue weighted by Gasteiger charge is 2.20. The van der Waals surface area contributed by atoms with Crippen molar-refractivity contribution in [2.75, 3.05) is 30.4 Å². The summed E-state index contributed by atoms with van der Waals surface area (Å²) in [5, 5.41) is 14.1. The van der Waals surface area contributed by atoms with Gasteiger partial charge in [-0.05, 0) is 53.9 Å². The molecule has 6 heteroatoms. The second kappa shape index (κ2) is 8.24. The number of aliphatic hydroxyl groups is 1. The molecule has 0 amide bonds. The largest absolute Gasteiger partial charge is 0.497 e. The molecule has 3 aromatic carbocycles. The number of methoxy groups -OCH3 is 1. The zero-order chi connectivity index (χ0) is 21.2. The van der Waals surface area contributed by atoms with E-state index in [1.165, 1.54) is 0 Å². The van der Waals surface area contributed by atoms with Gasteiger partial charge in [0.15, 0.2) is 0 Å². The molecule has 156 valence electrons. The van der Waals surface area contributed by atoms with Crippen LogP contribution in [-0.4, -0.2) is 41.4 Å². The summed E-state index contributed by atoms with van der Waals surface area (Å²) in [6.45, 7) is 1.54.